The van der Waals surface area contributed by atoms with Gasteiger partial charge in [0.25, 0.3) is 0 Å². The van der Waals surface area contributed by atoms with Crippen molar-refractivity contribution in [2.75, 3.05) is 6.54 Å². The molecule has 0 saturated carbocycles. The van der Waals surface area contributed by atoms with Gasteiger partial charge in [-0.1, -0.05) is 45.0 Å². The summed E-state index contributed by atoms with van der Waals surface area (Å²) in [5, 5.41) is 8.08. The van der Waals surface area contributed by atoms with E-state index in [0.29, 0.717) is 0 Å². The molecule has 1 atom stereocenters. The van der Waals surface area contributed by atoms with Gasteiger partial charge in [-0.25, -0.2) is 0 Å². The molecule has 20 heavy (non-hydrogen) atoms. The number of aromatic nitrogens is 2. The van der Waals surface area contributed by atoms with Crippen LogP contribution in [0.1, 0.15) is 50.1 Å². The summed E-state index contributed by atoms with van der Waals surface area (Å²) in [7, 11) is 0. The molecule has 108 valence electrons. The Labute approximate surface area is 122 Å². The lowest BCUT2D eigenvalue weighted by molar-refractivity contribution is 0.519. The minimum atomic E-state index is 0.227. The second kappa shape index (κ2) is 7.25. The van der Waals surface area contributed by atoms with Gasteiger partial charge in [0.2, 0.25) is 0 Å². The lowest BCUT2D eigenvalue weighted by Gasteiger charge is -2.22. The van der Waals surface area contributed by atoms with Crippen LogP contribution in [-0.2, 0) is 13.0 Å². The van der Waals surface area contributed by atoms with E-state index in [0.717, 1.165) is 25.9 Å². The fourth-order valence-electron chi connectivity index (χ4n) is 2.70. The quantitative estimate of drug-likeness (QED) is 0.834. The van der Waals surface area contributed by atoms with E-state index in [-0.39, 0.29) is 6.04 Å². The van der Waals surface area contributed by atoms with E-state index in [1.807, 2.05) is 6.20 Å². The highest BCUT2D eigenvalue weighted by molar-refractivity contribution is 5.35. The average Bonchev–Trinajstić information content (AvgIpc) is 2.93. The van der Waals surface area contributed by atoms with Crippen LogP contribution in [0.15, 0.2) is 36.5 Å². The Morgan fingerprint density at radius 2 is 1.95 bits per heavy atom. The van der Waals surface area contributed by atoms with Gasteiger partial charge in [0.15, 0.2) is 0 Å². The van der Waals surface area contributed by atoms with Crippen LogP contribution in [0.4, 0.5) is 0 Å². The maximum absolute atomic E-state index is 4.47. The summed E-state index contributed by atoms with van der Waals surface area (Å²) in [4.78, 5) is 0. The number of hydrogen-bond donors (Lipinski definition) is 1. The second-order valence-electron chi connectivity index (χ2n) is 5.02. The standard InChI is InChI=1S/C17H25N3/c1-4-13-20-16(11-12-19-20)17(18-6-3)15-10-8-7-9-14(15)5-2/h7-12,17-18H,4-6,13H2,1-3H3. The van der Waals surface area contributed by atoms with Gasteiger partial charge in [-0.2, -0.15) is 5.10 Å². The molecule has 2 aromatic rings. The van der Waals surface area contributed by atoms with Crippen LogP contribution < -0.4 is 5.32 Å². The monoisotopic (exact) mass is 271 g/mol. The third-order valence-corrected chi connectivity index (χ3v) is 3.64. The zero-order chi connectivity index (χ0) is 14.4. The van der Waals surface area contributed by atoms with Crippen LogP contribution >= 0.6 is 0 Å². The maximum Gasteiger partial charge on any atom is 0.0750 e. The van der Waals surface area contributed by atoms with Gasteiger partial charge in [0.05, 0.1) is 11.7 Å². The predicted octanol–water partition coefficient (Wildman–Crippen LogP) is 3.55. The van der Waals surface area contributed by atoms with Crippen molar-refractivity contribution in [3.63, 3.8) is 0 Å². The summed E-state index contributed by atoms with van der Waals surface area (Å²) in [6, 6.07) is 11.1. The largest absolute Gasteiger partial charge is 0.305 e. The molecule has 0 amide bonds. The molecule has 1 unspecified atom stereocenters. The van der Waals surface area contributed by atoms with E-state index in [1.54, 1.807) is 0 Å². The summed E-state index contributed by atoms with van der Waals surface area (Å²) >= 11 is 0. The molecule has 1 N–H and O–H groups in total. The number of rotatable bonds is 7. The topological polar surface area (TPSA) is 29.9 Å². The highest BCUT2D eigenvalue weighted by Crippen LogP contribution is 2.25. The van der Waals surface area contributed by atoms with Crippen LogP contribution in [0, 0.1) is 0 Å². The molecule has 0 bridgehead atoms. The van der Waals surface area contributed by atoms with Crippen molar-refractivity contribution in [2.24, 2.45) is 0 Å². The van der Waals surface area contributed by atoms with E-state index in [2.05, 4.69) is 66.2 Å². The third kappa shape index (κ3) is 3.10. The van der Waals surface area contributed by atoms with Gasteiger partial charge in [0.1, 0.15) is 0 Å². The van der Waals surface area contributed by atoms with E-state index < -0.39 is 0 Å². The molecule has 3 heteroatoms. The number of aryl methyl sites for hydroxylation is 2. The average molecular weight is 271 g/mol. The van der Waals surface area contributed by atoms with Crippen LogP contribution in [0.5, 0.6) is 0 Å². The SMILES string of the molecule is CCCn1nccc1C(NCC)c1ccccc1CC. The van der Waals surface area contributed by atoms with Crippen molar-refractivity contribution in [1.29, 1.82) is 0 Å². The van der Waals surface area contributed by atoms with Crippen molar-refractivity contribution in [3.8, 4) is 0 Å². The first-order valence-corrected chi connectivity index (χ1v) is 7.64. The molecule has 1 heterocycles. The number of nitrogens with zero attached hydrogens (tertiary/aromatic N) is 2. The normalized spacial score (nSPS) is 12.6. The minimum absolute atomic E-state index is 0.227. The first-order chi connectivity index (χ1) is 9.81. The highest BCUT2D eigenvalue weighted by Gasteiger charge is 2.19. The van der Waals surface area contributed by atoms with Crippen molar-refractivity contribution in [2.45, 2.75) is 46.2 Å². The zero-order valence-corrected chi connectivity index (χ0v) is 12.8. The molecule has 0 aliphatic heterocycles. The molecule has 0 aliphatic carbocycles. The predicted molar refractivity (Wildman–Crippen MR) is 83.9 cm³/mol. The van der Waals surface area contributed by atoms with Crippen LogP contribution in [0.25, 0.3) is 0 Å². The first kappa shape index (κ1) is 14.8. The minimum Gasteiger partial charge on any atom is -0.305 e. The smallest absolute Gasteiger partial charge is 0.0750 e. The molecule has 0 spiro atoms. The van der Waals surface area contributed by atoms with Crippen LogP contribution in [0.2, 0.25) is 0 Å². The Kier molecular flexibility index (Phi) is 5.36. The highest BCUT2D eigenvalue weighted by atomic mass is 15.3. The summed E-state index contributed by atoms with van der Waals surface area (Å²) in [5.41, 5.74) is 4.03. The van der Waals surface area contributed by atoms with Gasteiger partial charge < -0.3 is 5.32 Å². The fraction of sp³-hybridized carbons (Fsp3) is 0.471. The Morgan fingerprint density at radius 1 is 1.15 bits per heavy atom. The summed E-state index contributed by atoms with van der Waals surface area (Å²) in [6.07, 6.45) is 4.06. The second-order valence-corrected chi connectivity index (χ2v) is 5.02. The lowest BCUT2D eigenvalue weighted by Crippen LogP contribution is -2.26. The Bertz CT molecular complexity index is 531. The Morgan fingerprint density at radius 3 is 2.65 bits per heavy atom. The van der Waals surface area contributed by atoms with Crippen LogP contribution in [-0.4, -0.2) is 16.3 Å². The molecule has 3 nitrogen and oxygen atoms in total. The molecule has 0 fully saturated rings. The lowest BCUT2D eigenvalue weighted by atomic mass is 9.96. The molecule has 2 rings (SSSR count). The van der Waals surface area contributed by atoms with Crippen molar-refractivity contribution in [3.05, 3.63) is 53.3 Å². The molecule has 1 aromatic heterocycles. The van der Waals surface area contributed by atoms with Gasteiger partial charge in [-0.15, -0.1) is 0 Å². The van der Waals surface area contributed by atoms with E-state index >= 15 is 0 Å². The Hall–Kier alpha value is -1.61. The molecular weight excluding hydrogens is 246 g/mol. The van der Waals surface area contributed by atoms with Crippen LogP contribution in [0.3, 0.4) is 0 Å². The summed E-state index contributed by atoms with van der Waals surface area (Å²) in [6.45, 7) is 8.47. The molecule has 0 aliphatic rings. The van der Waals surface area contributed by atoms with E-state index in [1.165, 1.54) is 16.8 Å². The van der Waals surface area contributed by atoms with E-state index in [4.69, 9.17) is 0 Å². The fourth-order valence-corrected chi connectivity index (χ4v) is 2.70. The van der Waals surface area contributed by atoms with Crippen molar-refractivity contribution in [1.82, 2.24) is 15.1 Å². The van der Waals surface area contributed by atoms with Crippen molar-refractivity contribution < 1.29 is 0 Å². The number of benzene rings is 1. The summed E-state index contributed by atoms with van der Waals surface area (Å²) in [5.74, 6) is 0. The number of nitrogens with one attached hydrogen (secondary N) is 1. The zero-order valence-electron chi connectivity index (χ0n) is 12.8. The molecule has 0 radical (unpaired) electrons. The van der Waals surface area contributed by atoms with Gasteiger partial charge >= 0.3 is 0 Å². The van der Waals surface area contributed by atoms with Crippen molar-refractivity contribution >= 4 is 0 Å². The molecule has 1 aromatic carbocycles. The van der Waals surface area contributed by atoms with Gasteiger partial charge in [0, 0.05) is 12.7 Å². The molecular formula is C17H25N3. The number of hydrogen-bond acceptors (Lipinski definition) is 2. The molecule has 0 saturated heterocycles. The van der Waals surface area contributed by atoms with Gasteiger partial charge in [-0.05, 0) is 36.6 Å². The third-order valence-electron chi connectivity index (χ3n) is 3.64. The summed E-state index contributed by atoms with van der Waals surface area (Å²) < 4.78 is 2.12. The first-order valence-electron chi connectivity index (χ1n) is 7.64. The maximum atomic E-state index is 4.47. The Balaban J connectivity index is 2.42. The van der Waals surface area contributed by atoms with E-state index in [9.17, 15) is 0 Å². The van der Waals surface area contributed by atoms with Gasteiger partial charge in [-0.3, -0.25) is 4.68 Å².